The minimum atomic E-state index is -3.93. The summed E-state index contributed by atoms with van der Waals surface area (Å²) in [6.45, 7) is 1.21. The van der Waals surface area contributed by atoms with Gasteiger partial charge in [0.2, 0.25) is 10.0 Å². The van der Waals surface area contributed by atoms with Gasteiger partial charge in [0.05, 0.1) is 17.0 Å². The molecule has 2 aromatic carbocycles. The summed E-state index contributed by atoms with van der Waals surface area (Å²) in [6, 6.07) is 13.1. The van der Waals surface area contributed by atoms with Crippen LogP contribution in [-0.4, -0.2) is 61.2 Å². The number of benzene rings is 2. The molecule has 0 unspecified atom stereocenters. The number of hydrogen-bond acceptors (Lipinski definition) is 5. The standard InChI is InChI=1S/C26H33FN2O5S/c27-22-7-4-6-21(18-22)25-11-5-8-23(29(25)35(32,33)24-9-2-1-3-10-24)19-34-26(31)28-15-12-20(13-16-28)14-17-30/h1-4,6-7,9-10,18,20,23,25,30H,5,8,11-17,19H2/t23-,25+/m1/s1. The number of aliphatic hydroxyl groups excluding tert-OH is 1. The fourth-order valence-corrected chi connectivity index (χ4v) is 7.03. The smallest absolute Gasteiger partial charge is 0.409 e. The molecule has 2 aliphatic rings. The van der Waals surface area contributed by atoms with Crippen LogP contribution in [0.4, 0.5) is 9.18 Å². The average molecular weight is 505 g/mol. The lowest BCUT2D eigenvalue weighted by Gasteiger charge is -2.41. The summed E-state index contributed by atoms with van der Waals surface area (Å²) < 4.78 is 48.6. The Hall–Kier alpha value is -2.49. The second-order valence-corrected chi connectivity index (χ2v) is 11.2. The van der Waals surface area contributed by atoms with Crippen LogP contribution >= 0.6 is 0 Å². The number of likely N-dealkylation sites (tertiary alicyclic amines) is 1. The first-order valence-electron chi connectivity index (χ1n) is 12.3. The van der Waals surface area contributed by atoms with Crippen molar-refractivity contribution in [2.45, 2.75) is 55.5 Å². The molecule has 0 saturated carbocycles. The maximum absolute atomic E-state index is 14.0. The van der Waals surface area contributed by atoms with E-state index in [9.17, 15) is 17.6 Å². The van der Waals surface area contributed by atoms with Crippen molar-refractivity contribution in [1.82, 2.24) is 9.21 Å². The number of carbonyl (C=O) groups is 1. The second-order valence-electron chi connectivity index (χ2n) is 9.32. The zero-order valence-electron chi connectivity index (χ0n) is 19.8. The molecule has 0 aliphatic carbocycles. The average Bonchev–Trinajstić information content (AvgIpc) is 2.88. The van der Waals surface area contributed by atoms with E-state index in [4.69, 9.17) is 9.84 Å². The van der Waals surface area contributed by atoms with E-state index in [1.165, 1.54) is 16.4 Å². The van der Waals surface area contributed by atoms with Gasteiger partial charge in [0.1, 0.15) is 12.4 Å². The van der Waals surface area contributed by atoms with E-state index in [0.717, 1.165) is 25.7 Å². The molecule has 2 fully saturated rings. The van der Waals surface area contributed by atoms with Gasteiger partial charge in [-0.05, 0) is 74.3 Å². The number of halogens is 1. The van der Waals surface area contributed by atoms with E-state index in [1.807, 2.05) is 0 Å². The summed E-state index contributed by atoms with van der Waals surface area (Å²) >= 11 is 0. The summed E-state index contributed by atoms with van der Waals surface area (Å²) in [6.07, 6.45) is 3.75. The highest BCUT2D eigenvalue weighted by molar-refractivity contribution is 7.89. The summed E-state index contributed by atoms with van der Waals surface area (Å²) in [5.74, 6) is -0.0151. The van der Waals surface area contributed by atoms with Crippen LogP contribution in [-0.2, 0) is 14.8 Å². The van der Waals surface area contributed by atoms with Gasteiger partial charge in [-0.2, -0.15) is 4.31 Å². The molecular formula is C26H33FN2O5S. The lowest BCUT2D eigenvalue weighted by atomic mass is 9.93. The number of amides is 1. The third kappa shape index (κ3) is 6.02. The number of hydrogen-bond donors (Lipinski definition) is 1. The van der Waals surface area contributed by atoms with Crippen LogP contribution in [0.3, 0.4) is 0 Å². The minimum Gasteiger partial charge on any atom is -0.448 e. The molecule has 1 N–H and O–H groups in total. The summed E-state index contributed by atoms with van der Waals surface area (Å²) in [5, 5.41) is 9.13. The first-order chi connectivity index (χ1) is 16.9. The largest absolute Gasteiger partial charge is 0.448 e. The van der Waals surface area contributed by atoms with Gasteiger partial charge in [0.25, 0.3) is 0 Å². The first-order valence-corrected chi connectivity index (χ1v) is 13.7. The summed E-state index contributed by atoms with van der Waals surface area (Å²) in [4.78, 5) is 14.6. The maximum atomic E-state index is 14.0. The molecule has 1 amide bonds. The maximum Gasteiger partial charge on any atom is 0.409 e. The van der Waals surface area contributed by atoms with Gasteiger partial charge in [-0.15, -0.1) is 0 Å². The lowest BCUT2D eigenvalue weighted by molar-refractivity contribution is 0.0530. The van der Waals surface area contributed by atoms with Crippen molar-refractivity contribution in [1.29, 1.82) is 0 Å². The van der Waals surface area contributed by atoms with E-state index in [0.29, 0.717) is 37.4 Å². The molecule has 35 heavy (non-hydrogen) atoms. The summed E-state index contributed by atoms with van der Waals surface area (Å²) in [7, 11) is -3.93. The summed E-state index contributed by atoms with van der Waals surface area (Å²) in [5.41, 5.74) is 0.589. The van der Waals surface area contributed by atoms with Crippen LogP contribution in [0.15, 0.2) is 59.5 Å². The van der Waals surface area contributed by atoms with Crippen LogP contribution in [0.25, 0.3) is 0 Å². The number of aliphatic hydroxyl groups is 1. The van der Waals surface area contributed by atoms with E-state index in [1.54, 1.807) is 47.4 Å². The third-order valence-corrected chi connectivity index (χ3v) is 9.02. The molecule has 7 nitrogen and oxygen atoms in total. The molecule has 0 spiro atoms. The monoisotopic (exact) mass is 504 g/mol. The zero-order valence-corrected chi connectivity index (χ0v) is 20.6. The minimum absolute atomic E-state index is 0.0622. The molecular weight excluding hydrogens is 471 g/mol. The van der Waals surface area contributed by atoms with Crippen LogP contribution in [0.2, 0.25) is 0 Å². The fraction of sp³-hybridized carbons (Fsp3) is 0.500. The Morgan fingerprint density at radius 3 is 2.46 bits per heavy atom. The van der Waals surface area contributed by atoms with E-state index < -0.39 is 34.0 Å². The quantitative estimate of drug-likeness (QED) is 0.606. The van der Waals surface area contributed by atoms with Crippen molar-refractivity contribution < 1.29 is 27.4 Å². The van der Waals surface area contributed by atoms with Crippen molar-refractivity contribution >= 4 is 16.1 Å². The molecule has 2 saturated heterocycles. The predicted octanol–water partition coefficient (Wildman–Crippen LogP) is 4.34. The fourth-order valence-electron chi connectivity index (χ4n) is 5.16. The Bertz CT molecular complexity index is 1090. The van der Waals surface area contributed by atoms with Gasteiger partial charge in [-0.25, -0.2) is 17.6 Å². The topological polar surface area (TPSA) is 87.2 Å². The highest BCUT2D eigenvalue weighted by Crippen LogP contribution is 2.39. The zero-order chi connectivity index (χ0) is 24.8. The van der Waals surface area contributed by atoms with Crippen molar-refractivity contribution in [2.75, 3.05) is 26.3 Å². The number of rotatable bonds is 7. The van der Waals surface area contributed by atoms with E-state index in [-0.39, 0.29) is 18.1 Å². The van der Waals surface area contributed by atoms with Crippen LogP contribution < -0.4 is 0 Å². The highest BCUT2D eigenvalue weighted by atomic mass is 32.2. The molecule has 0 aromatic heterocycles. The van der Waals surface area contributed by atoms with Crippen molar-refractivity contribution in [3.8, 4) is 0 Å². The van der Waals surface area contributed by atoms with Gasteiger partial charge in [0.15, 0.2) is 0 Å². The molecule has 2 atom stereocenters. The predicted molar refractivity (Wildman–Crippen MR) is 130 cm³/mol. The molecule has 190 valence electrons. The molecule has 0 bridgehead atoms. The molecule has 0 radical (unpaired) electrons. The lowest BCUT2D eigenvalue weighted by Crippen LogP contribution is -2.49. The molecule has 4 rings (SSSR count). The molecule has 2 heterocycles. The first kappa shape index (κ1) is 25.6. The Balaban J connectivity index is 1.53. The Morgan fingerprint density at radius 1 is 1.03 bits per heavy atom. The Kier molecular flexibility index (Phi) is 8.41. The second kappa shape index (κ2) is 11.5. The Labute approximate surface area is 206 Å². The number of carbonyl (C=O) groups excluding carboxylic acids is 1. The number of ether oxygens (including phenoxy) is 1. The Morgan fingerprint density at radius 2 is 1.77 bits per heavy atom. The van der Waals surface area contributed by atoms with Crippen LogP contribution in [0.1, 0.15) is 50.1 Å². The normalized spacial score (nSPS) is 22.2. The van der Waals surface area contributed by atoms with E-state index in [2.05, 4.69) is 0 Å². The molecule has 9 heteroatoms. The SMILES string of the molecule is O=C(OC[C@H]1CCC[C@@H](c2cccc(F)c2)N1S(=O)(=O)c1ccccc1)N1CCC(CCO)CC1. The third-order valence-electron chi connectivity index (χ3n) is 7.04. The van der Waals surface area contributed by atoms with Crippen molar-refractivity contribution in [3.63, 3.8) is 0 Å². The van der Waals surface area contributed by atoms with Crippen molar-refractivity contribution in [3.05, 3.63) is 66.0 Å². The van der Waals surface area contributed by atoms with Gasteiger partial charge in [-0.1, -0.05) is 30.3 Å². The van der Waals surface area contributed by atoms with Gasteiger partial charge >= 0.3 is 6.09 Å². The van der Waals surface area contributed by atoms with Gasteiger partial charge in [0, 0.05) is 19.7 Å². The number of sulfonamides is 1. The number of nitrogens with zero attached hydrogens (tertiary/aromatic N) is 2. The van der Waals surface area contributed by atoms with E-state index >= 15 is 0 Å². The molecule has 2 aliphatic heterocycles. The van der Waals surface area contributed by atoms with Gasteiger partial charge in [-0.3, -0.25) is 0 Å². The molecule has 2 aromatic rings. The highest BCUT2D eigenvalue weighted by Gasteiger charge is 2.41. The number of piperidine rings is 2. The van der Waals surface area contributed by atoms with Gasteiger partial charge < -0.3 is 14.7 Å². The van der Waals surface area contributed by atoms with Crippen molar-refractivity contribution in [2.24, 2.45) is 5.92 Å². The van der Waals surface area contributed by atoms with Crippen LogP contribution in [0.5, 0.6) is 0 Å². The van der Waals surface area contributed by atoms with Crippen LogP contribution in [0, 0.1) is 11.7 Å².